The van der Waals surface area contributed by atoms with Gasteiger partial charge in [-0.25, -0.2) is 4.98 Å². The van der Waals surface area contributed by atoms with Gasteiger partial charge in [0.25, 0.3) is 0 Å². The van der Waals surface area contributed by atoms with Crippen LogP contribution in [0.4, 0.5) is 0 Å². The standard InChI is InChI=1S/C7H3ClN/c1-2-7-4-3-6(8)5-9-7/h3-5H. The topological polar surface area (TPSA) is 12.9 Å². The van der Waals surface area contributed by atoms with Crippen molar-refractivity contribution in [1.82, 2.24) is 4.98 Å². The van der Waals surface area contributed by atoms with Gasteiger partial charge >= 0.3 is 0 Å². The van der Waals surface area contributed by atoms with Gasteiger partial charge in [-0.3, -0.25) is 0 Å². The molecule has 0 saturated carbocycles. The monoisotopic (exact) mass is 136 g/mol. The van der Waals surface area contributed by atoms with Gasteiger partial charge in [0, 0.05) is 6.20 Å². The zero-order valence-corrected chi connectivity index (χ0v) is 5.31. The third-order valence-electron chi connectivity index (χ3n) is 0.855. The maximum atomic E-state index is 6.66. The summed E-state index contributed by atoms with van der Waals surface area (Å²) in [6, 6.07) is 3.31. The molecule has 0 unspecified atom stereocenters. The molecule has 0 saturated heterocycles. The number of hydrogen-bond donors (Lipinski definition) is 0. The SMILES string of the molecule is [C]#Cc1ccc(Cl)cn1. The third-order valence-corrected chi connectivity index (χ3v) is 1.08. The summed E-state index contributed by atoms with van der Waals surface area (Å²) in [7, 11) is 0. The number of halogens is 1. The van der Waals surface area contributed by atoms with Crippen LogP contribution in [0.5, 0.6) is 0 Å². The summed E-state index contributed by atoms with van der Waals surface area (Å²) in [6.07, 6.45) is 8.14. The Morgan fingerprint density at radius 2 is 2.33 bits per heavy atom. The number of nitrogens with zero attached hydrogens (tertiary/aromatic N) is 1. The average Bonchev–Trinajstić information content (AvgIpc) is 1.90. The lowest BCUT2D eigenvalue weighted by atomic mass is 10.4. The molecule has 0 aliphatic heterocycles. The van der Waals surface area contributed by atoms with E-state index in [1.165, 1.54) is 6.20 Å². The highest BCUT2D eigenvalue weighted by atomic mass is 35.5. The molecule has 0 spiro atoms. The van der Waals surface area contributed by atoms with Gasteiger partial charge in [-0.05, 0) is 24.5 Å². The Balaban J connectivity index is 3.06. The Morgan fingerprint density at radius 1 is 1.56 bits per heavy atom. The molecule has 0 atom stereocenters. The summed E-state index contributed by atoms with van der Waals surface area (Å²) in [4.78, 5) is 3.77. The van der Waals surface area contributed by atoms with Crippen molar-refractivity contribution in [3.63, 3.8) is 0 Å². The molecule has 1 heterocycles. The smallest absolute Gasteiger partial charge is 0.114 e. The molecule has 1 rings (SSSR count). The summed E-state index contributed by atoms with van der Waals surface area (Å²) in [5.74, 6) is 2.13. The van der Waals surface area contributed by atoms with Crippen LogP contribution in [0.1, 0.15) is 5.69 Å². The molecule has 1 aromatic heterocycles. The van der Waals surface area contributed by atoms with Crippen molar-refractivity contribution in [3.05, 3.63) is 35.5 Å². The van der Waals surface area contributed by atoms with E-state index in [-0.39, 0.29) is 0 Å². The van der Waals surface area contributed by atoms with Gasteiger partial charge in [-0.2, -0.15) is 0 Å². The lowest BCUT2D eigenvalue weighted by Gasteiger charge is -1.86. The van der Waals surface area contributed by atoms with Crippen LogP contribution in [-0.2, 0) is 0 Å². The predicted octanol–water partition coefficient (Wildman–Crippen LogP) is 1.67. The minimum Gasteiger partial charge on any atom is -0.246 e. The van der Waals surface area contributed by atoms with E-state index in [1.807, 2.05) is 0 Å². The molecular weight excluding hydrogens is 134 g/mol. The highest BCUT2D eigenvalue weighted by Crippen LogP contribution is 2.04. The second-order valence-corrected chi connectivity index (χ2v) is 1.92. The largest absolute Gasteiger partial charge is 0.246 e. The molecule has 43 valence electrons. The van der Waals surface area contributed by atoms with Crippen molar-refractivity contribution < 1.29 is 0 Å². The first kappa shape index (κ1) is 6.12. The second-order valence-electron chi connectivity index (χ2n) is 1.49. The van der Waals surface area contributed by atoms with Gasteiger partial charge in [0.15, 0.2) is 0 Å². The van der Waals surface area contributed by atoms with Crippen LogP contribution in [0.2, 0.25) is 5.02 Å². The minimum atomic E-state index is 0.499. The third kappa shape index (κ3) is 1.45. The van der Waals surface area contributed by atoms with Gasteiger partial charge in [0.05, 0.1) is 5.02 Å². The van der Waals surface area contributed by atoms with Crippen molar-refractivity contribution in [2.45, 2.75) is 0 Å². The summed E-state index contributed by atoms with van der Waals surface area (Å²) in [5, 5.41) is 0.578. The quantitative estimate of drug-likeness (QED) is 0.495. The molecule has 1 nitrogen and oxygen atoms in total. The second kappa shape index (κ2) is 2.52. The number of pyridine rings is 1. The molecule has 0 amide bonds. The van der Waals surface area contributed by atoms with Crippen LogP contribution in [-0.4, -0.2) is 4.98 Å². The first-order valence-electron chi connectivity index (χ1n) is 2.37. The molecule has 0 aliphatic carbocycles. The predicted molar refractivity (Wildman–Crippen MR) is 35.5 cm³/mol. The van der Waals surface area contributed by atoms with Crippen molar-refractivity contribution in [2.24, 2.45) is 0 Å². The Bertz CT molecular complexity index is 232. The van der Waals surface area contributed by atoms with E-state index in [2.05, 4.69) is 10.9 Å². The van der Waals surface area contributed by atoms with Crippen LogP contribution >= 0.6 is 11.6 Å². The highest BCUT2D eigenvalue weighted by molar-refractivity contribution is 6.30. The Kier molecular flexibility index (Phi) is 1.72. The van der Waals surface area contributed by atoms with E-state index in [4.69, 9.17) is 18.0 Å². The van der Waals surface area contributed by atoms with Gasteiger partial charge in [-0.15, -0.1) is 0 Å². The Labute approximate surface area is 58.7 Å². The highest BCUT2D eigenvalue weighted by Gasteiger charge is 1.86. The van der Waals surface area contributed by atoms with Crippen molar-refractivity contribution in [2.75, 3.05) is 0 Å². The molecule has 9 heavy (non-hydrogen) atoms. The van der Waals surface area contributed by atoms with Crippen LogP contribution in [0.3, 0.4) is 0 Å². The first-order valence-corrected chi connectivity index (χ1v) is 2.75. The maximum absolute atomic E-state index is 6.66. The summed E-state index contributed by atoms with van der Waals surface area (Å²) in [6.45, 7) is 0. The fraction of sp³-hybridized carbons (Fsp3) is 0. The van der Waals surface area contributed by atoms with Crippen LogP contribution in [0, 0.1) is 12.3 Å². The molecular formula is C7H3ClN. The molecule has 0 bridgehead atoms. The van der Waals surface area contributed by atoms with Gasteiger partial charge in [0.2, 0.25) is 0 Å². The normalized spacial score (nSPS) is 8.44. The van der Waals surface area contributed by atoms with E-state index in [0.29, 0.717) is 10.7 Å². The van der Waals surface area contributed by atoms with Gasteiger partial charge in [-0.1, -0.05) is 11.6 Å². The Morgan fingerprint density at radius 3 is 2.78 bits per heavy atom. The molecule has 1 radical (unpaired) electrons. The summed E-state index contributed by atoms with van der Waals surface area (Å²) >= 11 is 5.52. The molecule has 0 fully saturated rings. The zero-order chi connectivity index (χ0) is 6.69. The van der Waals surface area contributed by atoms with Gasteiger partial charge in [0.1, 0.15) is 5.69 Å². The summed E-state index contributed by atoms with van der Waals surface area (Å²) < 4.78 is 0. The number of aromatic nitrogens is 1. The fourth-order valence-corrected chi connectivity index (χ4v) is 0.562. The fourth-order valence-electron chi connectivity index (χ4n) is 0.450. The van der Waals surface area contributed by atoms with E-state index < -0.39 is 0 Å². The van der Waals surface area contributed by atoms with E-state index in [0.717, 1.165) is 0 Å². The van der Waals surface area contributed by atoms with Crippen LogP contribution < -0.4 is 0 Å². The Hall–Kier alpha value is -1.00. The van der Waals surface area contributed by atoms with E-state index in [1.54, 1.807) is 12.1 Å². The van der Waals surface area contributed by atoms with E-state index >= 15 is 0 Å². The molecule has 2 heteroatoms. The van der Waals surface area contributed by atoms with Crippen LogP contribution in [0.25, 0.3) is 0 Å². The summed E-state index contributed by atoms with van der Waals surface area (Å²) in [5.41, 5.74) is 0.499. The van der Waals surface area contributed by atoms with Gasteiger partial charge < -0.3 is 0 Å². The van der Waals surface area contributed by atoms with E-state index in [9.17, 15) is 0 Å². The number of hydrogen-bond acceptors (Lipinski definition) is 1. The molecule has 0 N–H and O–H groups in total. The lowest BCUT2D eigenvalue weighted by Crippen LogP contribution is -1.77. The first-order chi connectivity index (χ1) is 4.33. The minimum absolute atomic E-state index is 0.499. The molecule has 0 aromatic carbocycles. The van der Waals surface area contributed by atoms with Crippen molar-refractivity contribution in [3.8, 4) is 5.92 Å². The van der Waals surface area contributed by atoms with Crippen molar-refractivity contribution >= 4 is 11.6 Å². The molecule has 1 aromatic rings. The van der Waals surface area contributed by atoms with Crippen molar-refractivity contribution in [1.29, 1.82) is 0 Å². The maximum Gasteiger partial charge on any atom is 0.114 e. The zero-order valence-electron chi connectivity index (χ0n) is 4.56. The number of rotatable bonds is 0. The average molecular weight is 137 g/mol. The lowest BCUT2D eigenvalue weighted by molar-refractivity contribution is 1.29. The van der Waals surface area contributed by atoms with Crippen LogP contribution in [0.15, 0.2) is 18.3 Å². The molecule has 0 aliphatic rings.